The maximum Gasteiger partial charge on any atom is 0.326 e. The van der Waals surface area contributed by atoms with E-state index in [0.29, 0.717) is 0 Å². The zero-order valence-electron chi connectivity index (χ0n) is 10.1. The highest BCUT2D eigenvalue weighted by atomic mass is 16.6. The van der Waals surface area contributed by atoms with Crippen molar-refractivity contribution >= 4 is 5.97 Å². The average Bonchev–Trinajstić information content (AvgIpc) is 2.12. The van der Waals surface area contributed by atoms with Crippen LogP contribution in [0.2, 0.25) is 0 Å². The summed E-state index contributed by atoms with van der Waals surface area (Å²) in [5.74, 6) is -0.218. The standard InChI is InChI=1S/C12H21NO3/c1-8-6-10(7-9(2)15-8)16-11(14)12(13)4-3-5-12/h8-10H,3-7,13H2,1-2H3. The van der Waals surface area contributed by atoms with E-state index in [1.165, 1.54) is 0 Å². The average molecular weight is 227 g/mol. The molecule has 2 unspecified atom stereocenters. The van der Waals surface area contributed by atoms with E-state index in [1.54, 1.807) is 0 Å². The molecule has 0 radical (unpaired) electrons. The highest BCUT2D eigenvalue weighted by molar-refractivity contribution is 5.81. The van der Waals surface area contributed by atoms with Crippen molar-refractivity contribution in [3.05, 3.63) is 0 Å². The summed E-state index contributed by atoms with van der Waals surface area (Å²) in [4.78, 5) is 11.8. The SMILES string of the molecule is CC1CC(OC(=O)C2(N)CCC2)CC(C)O1. The largest absolute Gasteiger partial charge is 0.461 e. The molecule has 2 fully saturated rings. The van der Waals surface area contributed by atoms with Crippen LogP contribution in [0.4, 0.5) is 0 Å². The Hall–Kier alpha value is -0.610. The minimum absolute atomic E-state index is 0.0210. The van der Waals surface area contributed by atoms with E-state index in [1.807, 2.05) is 13.8 Å². The van der Waals surface area contributed by atoms with Crippen LogP contribution in [-0.2, 0) is 14.3 Å². The Kier molecular flexibility index (Phi) is 3.22. The van der Waals surface area contributed by atoms with Crippen molar-refractivity contribution in [1.82, 2.24) is 0 Å². The van der Waals surface area contributed by atoms with E-state index >= 15 is 0 Å². The number of carbonyl (C=O) groups excluding carboxylic acids is 1. The number of ether oxygens (including phenoxy) is 2. The van der Waals surface area contributed by atoms with Gasteiger partial charge in [0.1, 0.15) is 11.6 Å². The molecule has 1 saturated carbocycles. The molecule has 92 valence electrons. The zero-order chi connectivity index (χ0) is 11.8. The molecule has 4 nitrogen and oxygen atoms in total. The minimum Gasteiger partial charge on any atom is -0.461 e. The molecule has 1 aliphatic heterocycles. The monoisotopic (exact) mass is 227 g/mol. The van der Waals surface area contributed by atoms with Crippen molar-refractivity contribution in [3.63, 3.8) is 0 Å². The fraction of sp³-hybridized carbons (Fsp3) is 0.917. The van der Waals surface area contributed by atoms with Gasteiger partial charge >= 0.3 is 5.97 Å². The van der Waals surface area contributed by atoms with E-state index in [4.69, 9.17) is 15.2 Å². The number of hydrogen-bond acceptors (Lipinski definition) is 4. The van der Waals surface area contributed by atoms with Gasteiger partial charge in [0.25, 0.3) is 0 Å². The van der Waals surface area contributed by atoms with Crippen molar-refractivity contribution in [2.24, 2.45) is 5.73 Å². The van der Waals surface area contributed by atoms with Crippen LogP contribution in [0, 0.1) is 0 Å². The van der Waals surface area contributed by atoms with Crippen molar-refractivity contribution in [3.8, 4) is 0 Å². The van der Waals surface area contributed by atoms with Gasteiger partial charge in [0, 0.05) is 12.8 Å². The van der Waals surface area contributed by atoms with Crippen LogP contribution in [-0.4, -0.2) is 29.8 Å². The predicted octanol–water partition coefficient (Wildman–Crippen LogP) is 1.37. The van der Waals surface area contributed by atoms with Crippen LogP contribution < -0.4 is 5.73 Å². The van der Waals surface area contributed by atoms with Crippen LogP contribution in [0.25, 0.3) is 0 Å². The van der Waals surface area contributed by atoms with Gasteiger partial charge in [-0.3, -0.25) is 4.79 Å². The zero-order valence-corrected chi connectivity index (χ0v) is 10.1. The van der Waals surface area contributed by atoms with E-state index < -0.39 is 5.54 Å². The number of rotatable bonds is 2. The second-order valence-electron chi connectivity index (χ2n) is 5.27. The predicted molar refractivity (Wildman–Crippen MR) is 59.9 cm³/mol. The molecule has 0 amide bonds. The van der Waals surface area contributed by atoms with E-state index in [9.17, 15) is 4.79 Å². The topological polar surface area (TPSA) is 61.5 Å². The summed E-state index contributed by atoms with van der Waals surface area (Å²) >= 11 is 0. The molecular formula is C12H21NO3. The van der Waals surface area contributed by atoms with Crippen molar-refractivity contribution < 1.29 is 14.3 Å². The Bertz CT molecular complexity index is 265. The summed E-state index contributed by atoms with van der Waals surface area (Å²) < 4.78 is 11.1. The summed E-state index contributed by atoms with van der Waals surface area (Å²) in [5, 5.41) is 0. The highest BCUT2D eigenvalue weighted by Gasteiger charge is 2.43. The Balaban J connectivity index is 1.86. The normalized spacial score (nSPS) is 37.6. The molecular weight excluding hydrogens is 206 g/mol. The van der Waals surface area contributed by atoms with E-state index in [0.717, 1.165) is 32.1 Å². The lowest BCUT2D eigenvalue weighted by atomic mass is 9.78. The Morgan fingerprint density at radius 3 is 2.31 bits per heavy atom. The van der Waals surface area contributed by atoms with Gasteiger partial charge in [-0.1, -0.05) is 0 Å². The molecule has 0 bridgehead atoms. The first-order chi connectivity index (χ1) is 7.49. The lowest BCUT2D eigenvalue weighted by Crippen LogP contribution is -2.55. The van der Waals surface area contributed by atoms with Gasteiger partial charge in [-0.2, -0.15) is 0 Å². The molecule has 0 aromatic rings. The lowest BCUT2D eigenvalue weighted by Gasteiger charge is -2.38. The van der Waals surface area contributed by atoms with Crippen LogP contribution in [0.1, 0.15) is 46.0 Å². The third-order valence-electron chi connectivity index (χ3n) is 3.58. The van der Waals surface area contributed by atoms with Crippen LogP contribution in [0.3, 0.4) is 0 Å². The molecule has 0 aromatic carbocycles. The van der Waals surface area contributed by atoms with Gasteiger partial charge in [-0.25, -0.2) is 0 Å². The van der Waals surface area contributed by atoms with Gasteiger partial charge in [0.15, 0.2) is 0 Å². The summed E-state index contributed by atoms with van der Waals surface area (Å²) in [6.45, 7) is 4.02. The van der Waals surface area contributed by atoms with Gasteiger partial charge in [0.05, 0.1) is 12.2 Å². The number of nitrogens with two attached hydrogens (primary N) is 1. The molecule has 4 heteroatoms. The summed E-state index contributed by atoms with van der Waals surface area (Å²) in [6.07, 6.45) is 4.44. The van der Waals surface area contributed by atoms with E-state index in [2.05, 4.69) is 0 Å². The van der Waals surface area contributed by atoms with Crippen LogP contribution in [0.15, 0.2) is 0 Å². The second kappa shape index (κ2) is 4.34. The lowest BCUT2D eigenvalue weighted by molar-refractivity contribution is -0.169. The van der Waals surface area contributed by atoms with Crippen molar-refractivity contribution in [2.45, 2.75) is 69.8 Å². The first-order valence-corrected chi connectivity index (χ1v) is 6.15. The summed E-state index contributed by atoms with van der Waals surface area (Å²) in [7, 11) is 0. The Morgan fingerprint density at radius 2 is 1.88 bits per heavy atom. The first-order valence-electron chi connectivity index (χ1n) is 6.15. The number of carbonyl (C=O) groups is 1. The fourth-order valence-electron chi connectivity index (χ4n) is 2.47. The molecule has 2 atom stereocenters. The van der Waals surface area contributed by atoms with Gasteiger partial charge in [0.2, 0.25) is 0 Å². The third-order valence-corrected chi connectivity index (χ3v) is 3.58. The Morgan fingerprint density at radius 1 is 1.31 bits per heavy atom. The second-order valence-corrected chi connectivity index (χ2v) is 5.27. The molecule has 2 aliphatic rings. The molecule has 1 heterocycles. The van der Waals surface area contributed by atoms with Gasteiger partial charge in [-0.05, 0) is 33.1 Å². The number of esters is 1. The molecule has 0 aromatic heterocycles. The highest BCUT2D eigenvalue weighted by Crippen LogP contribution is 2.32. The van der Waals surface area contributed by atoms with Crippen LogP contribution >= 0.6 is 0 Å². The van der Waals surface area contributed by atoms with Crippen LogP contribution in [0.5, 0.6) is 0 Å². The van der Waals surface area contributed by atoms with Gasteiger partial charge in [-0.15, -0.1) is 0 Å². The quantitative estimate of drug-likeness (QED) is 0.724. The summed E-state index contributed by atoms with van der Waals surface area (Å²) in [6, 6.07) is 0. The maximum atomic E-state index is 11.8. The Labute approximate surface area is 96.5 Å². The van der Waals surface area contributed by atoms with Crippen molar-refractivity contribution in [1.29, 1.82) is 0 Å². The molecule has 1 aliphatic carbocycles. The molecule has 0 spiro atoms. The van der Waals surface area contributed by atoms with Gasteiger partial charge < -0.3 is 15.2 Å². The van der Waals surface area contributed by atoms with E-state index in [-0.39, 0.29) is 24.3 Å². The molecule has 2 N–H and O–H groups in total. The molecule has 1 saturated heterocycles. The number of hydrogen-bond donors (Lipinski definition) is 1. The smallest absolute Gasteiger partial charge is 0.326 e. The molecule has 16 heavy (non-hydrogen) atoms. The minimum atomic E-state index is -0.690. The third kappa shape index (κ3) is 2.38. The maximum absolute atomic E-state index is 11.8. The summed E-state index contributed by atoms with van der Waals surface area (Å²) in [5.41, 5.74) is 5.24. The fourth-order valence-corrected chi connectivity index (χ4v) is 2.47. The van der Waals surface area contributed by atoms with Crippen molar-refractivity contribution in [2.75, 3.05) is 0 Å². The first kappa shape index (κ1) is 11.9. The molecule has 2 rings (SSSR count).